The first-order valence-electron chi connectivity index (χ1n) is 8.89. The fourth-order valence-corrected chi connectivity index (χ4v) is 3.41. The monoisotopic (exact) mass is 329 g/mol. The molecule has 1 amide bonds. The van der Waals surface area contributed by atoms with Crippen LogP contribution < -0.4 is 5.32 Å². The molecule has 1 N–H and O–H groups in total. The van der Waals surface area contributed by atoms with Gasteiger partial charge in [-0.3, -0.25) is 4.79 Å². The molecule has 2 aromatic rings. The van der Waals surface area contributed by atoms with Crippen LogP contribution in [0.4, 0.5) is 0 Å². The molecule has 1 aliphatic heterocycles. The second-order valence-electron chi connectivity index (χ2n) is 6.86. The summed E-state index contributed by atoms with van der Waals surface area (Å²) in [4.78, 5) is 19.9. The molecule has 1 aliphatic rings. The molecule has 6 nitrogen and oxygen atoms in total. The van der Waals surface area contributed by atoms with Gasteiger partial charge in [0.25, 0.3) is 5.91 Å². The predicted molar refractivity (Wildman–Crippen MR) is 95.3 cm³/mol. The standard InChI is InChI=1S/C18H27N5O/c1-5-8-22(15-6-7-19-11-15)18(24)16-9-14-10-20-23(12(2)3)17(14)21-13(16)4/h9-10,12,15,19H,5-8,11H2,1-4H3/t15-/m1/s1. The van der Waals surface area contributed by atoms with E-state index in [2.05, 4.69) is 36.2 Å². The van der Waals surface area contributed by atoms with Gasteiger partial charge >= 0.3 is 0 Å². The number of aryl methyl sites for hydroxylation is 1. The van der Waals surface area contributed by atoms with Crippen molar-refractivity contribution in [2.24, 2.45) is 0 Å². The fraction of sp³-hybridized carbons (Fsp3) is 0.611. The van der Waals surface area contributed by atoms with Gasteiger partial charge in [-0.25, -0.2) is 9.67 Å². The van der Waals surface area contributed by atoms with Crippen molar-refractivity contribution < 1.29 is 4.79 Å². The Kier molecular flexibility index (Phi) is 4.85. The lowest BCUT2D eigenvalue weighted by atomic mass is 10.1. The number of amides is 1. The molecule has 3 heterocycles. The smallest absolute Gasteiger partial charge is 0.256 e. The summed E-state index contributed by atoms with van der Waals surface area (Å²) in [7, 11) is 0. The van der Waals surface area contributed by atoms with Crippen LogP contribution in [0.15, 0.2) is 12.3 Å². The van der Waals surface area contributed by atoms with Crippen molar-refractivity contribution in [3.63, 3.8) is 0 Å². The Morgan fingerprint density at radius 1 is 1.50 bits per heavy atom. The number of hydrogen-bond acceptors (Lipinski definition) is 4. The zero-order chi connectivity index (χ0) is 17.3. The van der Waals surface area contributed by atoms with E-state index in [0.717, 1.165) is 49.2 Å². The van der Waals surface area contributed by atoms with Crippen molar-refractivity contribution in [3.05, 3.63) is 23.5 Å². The SMILES string of the molecule is CCCN(C(=O)c1cc2cnn(C(C)C)c2nc1C)[C@@H]1CCNC1. The van der Waals surface area contributed by atoms with Gasteiger partial charge in [-0.1, -0.05) is 6.92 Å². The molecule has 3 rings (SSSR count). The van der Waals surface area contributed by atoms with Crippen LogP contribution in [-0.2, 0) is 0 Å². The number of carbonyl (C=O) groups is 1. The van der Waals surface area contributed by atoms with Crippen molar-refractivity contribution in [2.45, 2.75) is 52.6 Å². The molecule has 0 radical (unpaired) electrons. The number of hydrogen-bond donors (Lipinski definition) is 1. The van der Waals surface area contributed by atoms with E-state index in [4.69, 9.17) is 0 Å². The Bertz CT molecular complexity index is 730. The minimum Gasteiger partial charge on any atom is -0.334 e. The molecule has 1 fully saturated rings. The second-order valence-corrected chi connectivity index (χ2v) is 6.86. The third kappa shape index (κ3) is 3.02. The number of nitrogens with one attached hydrogen (secondary N) is 1. The first-order chi connectivity index (χ1) is 11.5. The maximum Gasteiger partial charge on any atom is 0.256 e. The molecule has 0 spiro atoms. The minimum atomic E-state index is 0.0924. The van der Waals surface area contributed by atoms with Gasteiger partial charge in [-0.15, -0.1) is 0 Å². The predicted octanol–water partition coefficient (Wildman–Crippen LogP) is 2.53. The van der Waals surface area contributed by atoms with E-state index in [1.165, 1.54) is 0 Å². The van der Waals surface area contributed by atoms with Crippen molar-refractivity contribution in [3.8, 4) is 0 Å². The van der Waals surface area contributed by atoms with E-state index < -0.39 is 0 Å². The van der Waals surface area contributed by atoms with Crippen LogP contribution in [0, 0.1) is 6.92 Å². The third-order valence-electron chi connectivity index (χ3n) is 4.68. The third-order valence-corrected chi connectivity index (χ3v) is 4.68. The molecule has 24 heavy (non-hydrogen) atoms. The van der Waals surface area contributed by atoms with E-state index >= 15 is 0 Å². The molecule has 0 aliphatic carbocycles. The van der Waals surface area contributed by atoms with Crippen LogP contribution in [0.25, 0.3) is 11.0 Å². The first kappa shape index (κ1) is 16.9. The fourth-order valence-electron chi connectivity index (χ4n) is 3.41. The van der Waals surface area contributed by atoms with E-state index in [-0.39, 0.29) is 18.0 Å². The summed E-state index contributed by atoms with van der Waals surface area (Å²) in [6, 6.07) is 2.49. The van der Waals surface area contributed by atoms with Gasteiger partial charge in [0.05, 0.1) is 17.5 Å². The summed E-state index contributed by atoms with van der Waals surface area (Å²) < 4.78 is 1.90. The summed E-state index contributed by atoms with van der Waals surface area (Å²) in [6.45, 7) is 10.8. The normalized spacial score (nSPS) is 17.8. The van der Waals surface area contributed by atoms with Crippen LogP contribution in [0.3, 0.4) is 0 Å². The van der Waals surface area contributed by atoms with Crippen LogP contribution in [-0.4, -0.2) is 51.2 Å². The molecule has 1 atom stereocenters. The maximum atomic E-state index is 13.2. The van der Waals surface area contributed by atoms with Gasteiger partial charge in [0.2, 0.25) is 0 Å². The first-order valence-corrected chi connectivity index (χ1v) is 8.89. The second kappa shape index (κ2) is 6.89. The number of rotatable bonds is 5. The molecule has 2 aromatic heterocycles. The van der Waals surface area contributed by atoms with Gasteiger partial charge in [-0.05, 0) is 46.2 Å². The van der Waals surface area contributed by atoms with Gasteiger partial charge < -0.3 is 10.2 Å². The van der Waals surface area contributed by atoms with E-state index in [0.29, 0.717) is 5.56 Å². The molecule has 0 aromatic carbocycles. The van der Waals surface area contributed by atoms with Crippen molar-refractivity contribution >= 4 is 16.9 Å². The quantitative estimate of drug-likeness (QED) is 0.915. The molecule has 0 unspecified atom stereocenters. The zero-order valence-corrected chi connectivity index (χ0v) is 15.0. The van der Waals surface area contributed by atoms with E-state index in [1.54, 1.807) is 6.20 Å². The molecule has 6 heteroatoms. The van der Waals surface area contributed by atoms with E-state index in [9.17, 15) is 4.79 Å². The van der Waals surface area contributed by atoms with Gasteiger partial charge in [-0.2, -0.15) is 5.10 Å². The van der Waals surface area contributed by atoms with Crippen molar-refractivity contribution in [1.29, 1.82) is 0 Å². The molecular formula is C18H27N5O. The largest absolute Gasteiger partial charge is 0.334 e. The molecule has 0 bridgehead atoms. The average Bonchev–Trinajstić information content (AvgIpc) is 3.20. The maximum absolute atomic E-state index is 13.2. The lowest BCUT2D eigenvalue weighted by molar-refractivity contribution is 0.0691. The summed E-state index contributed by atoms with van der Waals surface area (Å²) in [5.41, 5.74) is 2.33. The summed E-state index contributed by atoms with van der Waals surface area (Å²) in [5, 5.41) is 8.70. The number of fused-ring (bicyclic) bond motifs is 1. The lowest BCUT2D eigenvalue weighted by Crippen LogP contribution is -2.42. The summed E-state index contributed by atoms with van der Waals surface area (Å²) in [6.07, 6.45) is 3.79. The Morgan fingerprint density at radius 3 is 2.92 bits per heavy atom. The summed E-state index contributed by atoms with van der Waals surface area (Å²) in [5.74, 6) is 0.0924. The highest BCUT2D eigenvalue weighted by atomic mass is 16.2. The van der Waals surface area contributed by atoms with Gasteiger partial charge in [0.15, 0.2) is 5.65 Å². The molecule has 0 saturated carbocycles. The highest BCUT2D eigenvalue weighted by Crippen LogP contribution is 2.22. The highest BCUT2D eigenvalue weighted by Gasteiger charge is 2.28. The van der Waals surface area contributed by atoms with Crippen LogP contribution in [0.1, 0.15) is 55.7 Å². The zero-order valence-electron chi connectivity index (χ0n) is 15.0. The van der Waals surface area contributed by atoms with Gasteiger partial charge in [0.1, 0.15) is 0 Å². The lowest BCUT2D eigenvalue weighted by Gasteiger charge is -2.28. The number of carbonyl (C=O) groups excluding carboxylic acids is 1. The van der Waals surface area contributed by atoms with Gasteiger partial charge in [0, 0.05) is 30.6 Å². The molecular weight excluding hydrogens is 302 g/mol. The van der Waals surface area contributed by atoms with Crippen LogP contribution in [0.2, 0.25) is 0 Å². The van der Waals surface area contributed by atoms with Crippen molar-refractivity contribution in [2.75, 3.05) is 19.6 Å². The van der Waals surface area contributed by atoms with Crippen LogP contribution >= 0.6 is 0 Å². The van der Waals surface area contributed by atoms with E-state index in [1.807, 2.05) is 22.6 Å². The number of aromatic nitrogens is 3. The Balaban J connectivity index is 1.97. The average molecular weight is 329 g/mol. The summed E-state index contributed by atoms with van der Waals surface area (Å²) >= 11 is 0. The van der Waals surface area contributed by atoms with Crippen LogP contribution in [0.5, 0.6) is 0 Å². The Hall–Kier alpha value is -1.95. The molecule has 1 saturated heterocycles. The number of nitrogens with zero attached hydrogens (tertiary/aromatic N) is 4. The Labute approximate surface area is 143 Å². The number of pyridine rings is 1. The topological polar surface area (TPSA) is 63.1 Å². The molecule has 130 valence electrons. The van der Waals surface area contributed by atoms with Crippen molar-refractivity contribution in [1.82, 2.24) is 25.0 Å². The minimum absolute atomic E-state index is 0.0924. The Morgan fingerprint density at radius 2 is 2.29 bits per heavy atom. The highest BCUT2D eigenvalue weighted by molar-refractivity contribution is 5.98.